The van der Waals surface area contributed by atoms with Gasteiger partial charge in [-0.1, -0.05) is 12.1 Å². The molecule has 0 saturated heterocycles. The van der Waals surface area contributed by atoms with Gasteiger partial charge >= 0.3 is 6.03 Å². The van der Waals surface area contributed by atoms with Crippen molar-refractivity contribution in [2.45, 2.75) is 31.8 Å². The van der Waals surface area contributed by atoms with E-state index >= 15 is 0 Å². The maximum atomic E-state index is 12.3. The van der Waals surface area contributed by atoms with Crippen LogP contribution in [0.4, 0.5) is 16.2 Å². The number of hydrogen-bond donors (Lipinski definition) is 3. The summed E-state index contributed by atoms with van der Waals surface area (Å²) in [5.74, 6) is -0.165. The highest BCUT2D eigenvalue weighted by Gasteiger charge is 2.23. The first-order valence-corrected chi connectivity index (χ1v) is 9.51. The number of aryl methyl sites for hydroxylation is 1. The number of nitrogens with one attached hydrogen (secondary N) is 3. The summed E-state index contributed by atoms with van der Waals surface area (Å²) in [5.41, 5.74) is 1.86. The molecule has 1 aliphatic rings. The Hall–Kier alpha value is -3.68. The van der Waals surface area contributed by atoms with E-state index in [1.807, 2.05) is 12.1 Å². The number of nitrogens with zero attached hydrogens (tertiary/aromatic N) is 2. The molecule has 148 valence electrons. The fourth-order valence-electron chi connectivity index (χ4n) is 2.99. The van der Waals surface area contributed by atoms with Gasteiger partial charge in [0.05, 0.1) is 18.3 Å². The maximum Gasteiger partial charge on any atom is 0.319 e. The molecule has 1 saturated carbocycles. The number of amides is 3. The summed E-state index contributed by atoms with van der Waals surface area (Å²) in [6.45, 7) is 0.355. The van der Waals surface area contributed by atoms with E-state index in [1.54, 1.807) is 41.1 Å². The molecular weight excluding hydrogens is 370 g/mol. The number of para-hydroxylation sites is 1. The summed E-state index contributed by atoms with van der Waals surface area (Å²) < 4.78 is 1.65. The van der Waals surface area contributed by atoms with Crippen molar-refractivity contribution < 1.29 is 9.59 Å². The molecule has 1 fully saturated rings. The molecule has 3 amide bonds. The number of hydrogen-bond acceptors (Lipinski definition) is 4. The molecule has 1 aromatic heterocycles. The van der Waals surface area contributed by atoms with E-state index in [-0.39, 0.29) is 23.8 Å². The van der Waals surface area contributed by atoms with E-state index in [0.29, 0.717) is 34.9 Å². The number of urea groups is 1. The summed E-state index contributed by atoms with van der Waals surface area (Å²) in [4.78, 5) is 35.9. The van der Waals surface area contributed by atoms with Crippen LogP contribution in [-0.4, -0.2) is 27.8 Å². The monoisotopic (exact) mass is 391 g/mol. The lowest BCUT2D eigenvalue weighted by Crippen LogP contribution is -2.30. The minimum Gasteiger partial charge on any atom is -0.335 e. The summed E-state index contributed by atoms with van der Waals surface area (Å²) in [6, 6.07) is 14.2. The highest BCUT2D eigenvalue weighted by molar-refractivity contribution is 5.92. The van der Waals surface area contributed by atoms with Crippen LogP contribution in [-0.2, 0) is 11.3 Å². The molecule has 1 heterocycles. The molecule has 1 aliphatic carbocycles. The van der Waals surface area contributed by atoms with Crippen LogP contribution < -0.4 is 21.4 Å². The van der Waals surface area contributed by atoms with Gasteiger partial charge in [0, 0.05) is 29.2 Å². The second kappa shape index (κ2) is 8.14. The van der Waals surface area contributed by atoms with E-state index in [9.17, 15) is 14.4 Å². The highest BCUT2D eigenvalue weighted by Crippen LogP contribution is 2.19. The molecule has 0 unspecified atom stereocenters. The van der Waals surface area contributed by atoms with Crippen LogP contribution in [0, 0.1) is 0 Å². The number of rotatable bonds is 6. The minimum absolute atomic E-state index is 0.138. The lowest BCUT2D eigenvalue weighted by Gasteiger charge is -2.10. The first-order chi connectivity index (χ1) is 14.1. The Morgan fingerprint density at radius 2 is 1.69 bits per heavy atom. The normalized spacial score (nSPS) is 13.1. The van der Waals surface area contributed by atoms with Gasteiger partial charge in [-0.25, -0.2) is 4.79 Å². The topological polar surface area (TPSA) is 105 Å². The lowest BCUT2D eigenvalue weighted by atomic mass is 10.2. The van der Waals surface area contributed by atoms with E-state index < -0.39 is 0 Å². The first-order valence-electron chi connectivity index (χ1n) is 9.51. The molecule has 2 aromatic carbocycles. The van der Waals surface area contributed by atoms with E-state index in [0.717, 1.165) is 12.8 Å². The van der Waals surface area contributed by atoms with Crippen molar-refractivity contribution in [1.82, 2.24) is 15.1 Å². The molecule has 0 radical (unpaired) electrons. The Labute approximate surface area is 166 Å². The fourth-order valence-corrected chi connectivity index (χ4v) is 2.99. The fraction of sp³-hybridized carbons (Fsp3) is 0.238. The van der Waals surface area contributed by atoms with Gasteiger partial charge < -0.3 is 16.0 Å². The standard InChI is InChI=1S/C21H21N5O3/c27-19-13-22-26(18-4-2-1-3-17(18)19)12-11-20(28)23-14-5-7-15(8-6-14)24-21(29)25-16-9-10-16/h1-8,13,16H,9-12H2,(H,23,28)(H2,24,25,29). The van der Waals surface area contributed by atoms with E-state index in [1.165, 1.54) is 6.20 Å². The number of fused-ring (bicyclic) bond motifs is 1. The van der Waals surface area contributed by atoms with Crippen LogP contribution in [0.1, 0.15) is 19.3 Å². The average Bonchev–Trinajstić information content (AvgIpc) is 3.53. The van der Waals surface area contributed by atoms with Gasteiger partial charge in [0.1, 0.15) is 0 Å². The zero-order valence-corrected chi connectivity index (χ0v) is 15.7. The molecule has 0 bridgehead atoms. The van der Waals surface area contributed by atoms with E-state index in [2.05, 4.69) is 21.0 Å². The van der Waals surface area contributed by atoms with Gasteiger partial charge in [0.2, 0.25) is 11.3 Å². The van der Waals surface area contributed by atoms with Crippen LogP contribution in [0.15, 0.2) is 59.5 Å². The largest absolute Gasteiger partial charge is 0.335 e. The van der Waals surface area contributed by atoms with Crippen LogP contribution in [0.2, 0.25) is 0 Å². The van der Waals surface area contributed by atoms with Crippen LogP contribution in [0.5, 0.6) is 0 Å². The van der Waals surface area contributed by atoms with Gasteiger partial charge in [-0.3, -0.25) is 14.3 Å². The molecule has 4 rings (SSSR count). The van der Waals surface area contributed by atoms with Crippen molar-refractivity contribution in [2.75, 3.05) is 10.6 Å². The van der Waals surface area contributed by atoms with Crippen molar-refractivity contribution in [3.05, 3.63) is 65.0 Å². The zero-order chi connectivity index (χ0) is 20.2. The van der Waals surface area contributed by atoms with Crippen molar-refractivity contribution in [1.29, 1.82) is 0 Å². The van der Waals surface area contributed by atoms with Gasteiger partial charge in [0.25, 0.3) is 0 Å². The Morgan fingerprint density at radius 3 is 2.41 bits per heavy atom. The number of anilines is 2. The Balaban J connectivity index is 1.32. The Morgan fingerprint density at radius 1 is 1.00 bits per heavy atom. The van der Waals surface area contributed by atoms with Crippen molar-refractivity contribution in [2.24, 2.45) is 0 Å². The third-order valence-corrected chi connectivity index (χ3v) is 4.65. The lowest BCUT2D eigenvalue weighted by molar-refractivity contribution is -0.116. The first kappa shape index (κ1) is 18.7. The second-order valence-electron chi connectivity index (χ2n) is 7.00. The molecule has 0 atom stereocenters. The third-order valence-electron chi connectivity index (χ3n) is 4.65. The van der Waals surface area contributed by atoms with Crippen LogP contribution >= 0.6 is 0 Å². The molecule has 0 spiro atoms. The molecule has 3 N–H and O–H groups in total. The van der Waals surface area contributed by atoms with Crippen LogP contribution in [0.3, 0.4) is 0 Å². The van der Waals surface area contributed by atoms with Gasteiger partial charge in [-0.2, -0.15) is 5.10 Å². The maximum absolute atomic E-state index is 12.3. The summed E-state index contributed by atoms with van der Waals surface area (Å²) in [6.07, 6.45) is 3.54. The molecule has 8 nitrogen and oxygen atoms in total. The molecule has 8 heteroatoms. The van der Waals surface area contributed by atoms with Crippen molar-refractivity contribution >= 4 is 34.2 Å². The predicted molar refractivity (Wildman–Crippen MR) is 111 cm³/mol. The smallest absolute Gasteiger partial charge is 0.319 e. The predicted octanol–water partition coefficient (Wildman–Crippen LogP) is 2.71. The van der Waals surface area contributed by atoms with Crippen molar-refractivity contribution in [3.63, 3.8) is 0 Å². The van der Waals surface area contributed by atoms with Crippen molar-refractivity contribution in [3.8, 4) is 0 Å². The highest BCUT2D eigenvalue weighted by atomic mass is 16.2. The number of aromatic nitrogens is 2. The SMILES string of the molecule is O=C(CCn1ncc(=O)c2ccccc21)Nc1ccc(NC(=O)NC2CC2)cc1. The average molecular weight is 391 g/mol. The molecule has 3 aromatic rings. The Bertz CT molecular complexity index is 1100. The minimum atomic E-state index is -0.217. The zero-order valence-electron chi connectivity index (χ0n) is 15.7. The second-order valence-corrected chi connectivity index (χ2v) is 7.00. The number of carbonyl (C=O) groups is 2. The molecule has 29 heavy (non-hydrogen) atoms. The van der Waals surface area contributed by atoms with Gasteiger partial charge in [-0.05, 0) is 49.2 Å². The molecular formula is C21H21N5O3. The van der Waals surface area contributed by atoms with Gasteiger partial charge in [0.15, 0.2) is 0 Å². The summed E-state index contributed by atoms with van der Waals surface area (Å²) >= 11 is 0. The quantitative estimate of drug-likeness (QED) is 0.601. The Kier molecular flexibility index (Phi) is 5.24. The summed E-state index contributed by atoms with van der Waals surface area (Å²) in [7, 11) is 0. The van der Waals surface area contributed by atoms with E-state index in [4.69, 9.17) is 0 Å². The summed E-state index contributed by atoms with van der Waals surface area (Å²) in [5, 5.41) is 13.1. The van der Waals surface area contributed by atoms with Crippen LogP contribution in [0.25, 0.3) is 10.9 Å². The van der Waals surface area contributed by atoms with Gasteiger partial charge in [-0.15, -0.1) is 0 Å². The number of benzene rings is 2. The third kappa shape index (κ3) is 4.78. The molecule has 0 aliphatic heterocycles. The number of carbonyl (C=O) groups excluding carboxylic acids is 2.